The summed E-state index contributed by atoms with van der Waals surface area (Å²) in [7, 11) is 0. The third-order valence-electron chi connectivity index (χ3n) is 7.13. The van der Waals surface area contributed by atoms with Crippen LogP contribution in [0.1, 0.15) is 75.3 Å². The van der Waals surface area contributed by atoms with Crippen molar-refractivity contribution in [3.05, 3.63) is 29.1 Å². The maximum Gasteiger partial charge on any atom is 0.222 e. The third kappa shape index (κ3) is 5.85. The molecule has 1 aromatic carbocycles. The monoisotopic (exact) mass is 431 g/mol. The lowest BCUT2D eigenvalue weighted by molar-refractivity contribution is -0.134. The minimum atomic E-state index is -0.369. The number of unbranched alkanes of at least 4 members (excludes halogenated alkanes) is 2. The maximum atomic E-state index is 13.8. The number of piperidine rings is 1. The minimum Gasteiger partial charge on any atom is -0.467 e. The van der Waals surface area contributed by atoms with E-state index in [0.29, 0.717) is 42.2 Å². The van der Waals surface area contributed by atoms with Crippen LogP contribution >= 0.6 is 0 Å². The van der Waals surface area contributed by atoms with Crippen molar-refractivity contribution in [2.24, 2.45) is 11.8 Å². The molecule has 5 nitrogen and oxygen atoms in total. The molecule has 170 valence electrons. The fourth-order valence-corrected chi connectivity index (χ4v) is 5.45. The van der Waals surface area contributed by atoms with Gasteiger partial charge < -0.3 is 14.4 Å². The summed E-state index contributed by atoms with van der Waals surface area (Å²) in [6.45, 7) is 2.31. The number of fused-ring (bicyclic) bond motifs is 2. The smallest absolute Gasteiger partial charge is 0.222 e. The highest BCUT2D eigenvalue weighted by atomic mass is 19.1. The van der Waals surface area contributed by atoms with E-state index in [9.17, 15) is 14.0 Å². The second-order valence-corrected chi connectivity index (χ2v) is 9.37. The molecule has 0 radical (unpaired) electrons. The third-order valence-corrected chi connectivity index (χ3v) is 7.13. The number of hydrogen-bond donors (Lipinski definition) is 0. The summed E-state index contributed by atoms with van der Waals surface area (Å²) in [6, 6.07) is 2.78. The number of Topliss-reactive ketones (excluding diaryl/α,β-unsaturated/α-hetero) is 1. The number of carbonyl (C=O) groups excluding carboxylic acids is 2. The highest BCUT2D eigenvalue weighted by Gasteiger charge is 2.32. The van der Waals surface area contributed by atoms with Gasteiger partial charge >= 0.3 is 0 Å². The number of halogens is 1. The Labute approximate surface area is 184 Å². The molecule has 2 fully saturated rings. The van der Waals surface area contributed by atoms with E-state index in [1.165, 1.54) is 44.2 Å². The maximum absolute atomic E-state index is 13.8. The summed E-state index contributed by atoms with van der Waals surface area (Å²) >= 11 is 0. The zero-order chi connectivity index (χ0) is 21.6. The Kier molecular flexibility index (Phi) is 7.59. The Morgan fingerprint density at radius 1 is 1.03 bits per heavy atom. The zero-order valence-electron chi connectivity index (χ0n) is 18.4. The SMILES string of the molecule is O=C(CCCCCC(=O)N1CCC2CCCCC2C1)Cc1cc(F)cc2c1OCOC2. The van der Waals surface area contributed by atoms with Crippen LogP contribution in [0.2, 0.25) is 0 Å². The molecule has 2 heterocycles. The van der Waals surface area contributed by atoms with Gasteiger partial charge in [0.05, 0.1) is 6.61 Å². The zero-order valence-corrected chi connectivity index (χ0v) is 18.4. The summed E-state index contributed by atoms with van der Waals surface area (Å²) in [6.07, 6.45) is 10.1. The molecule has 3 aliphatic rings. The van der Waals surface area contributed by atoms with E-state index in [2.05, 4.69) is 4.90 Å². The number of carbonyl (C=O) groups is 2. The molecule has 0 aromatic heterocycles. The van der Waals surface area contributed by atoms with Gasteiger partial charge in [-0.25, -0.2) is 4.39 Å². The van der Waals surface area contributed by atoms with E-state index < -0.39 is 0 Å². The van der Waals surface area contributed by atoms with Crippen molar-refractivity contribution in [2.45, 2.75) is 77.2 Å². The lowest BCUT2D eigenvalue weighted by Crippen LogP contribution is -2.44. The number of nitrogens with zero attached hydrogens (tertiary/aromatic N) is 1. The largest absolute Gasteiger partial charge is 0.467 e. The van der Waals surface area contributed by atoms with E-state index in [1.54, 1.807) is 0 Å². The molecular formula is C25H34FNO4. The van der Waals surface area contributed by atoms with Gasteiger partial charge in [0.15, 0.2) is 6.79 Å². The van der Waals surface area contributed by atoms with E-state index >= 15 is 0 Å². The standard InChI is InChI=1S/C25H34FNO4/c26-22-12-20(25-21(13-22)16-30-17-31-25)14-23(28)8-2-1-3-9-24(29)27-11-10-18-6-4-5-7-19(18)15-27/h12-13,18-19H,1-11,14-17H2. The molecule has 1 aliphatic carbocycles. The Morgan fingerprint density at radius 2 is 1.84 bits per heavy atom. The second-order valence-electron chi connectivity index (χ2n) is 9.37. The van der Waals surface area contributed by atoms with Crippen LogP contribution < -0.4 is 4.74 Å². The van der Waals surface area contributed by atoms with Gasteiger partial charge in [0.2, 0.25) is 5.91 Å². The highest BCUT2D eigenvalue weighted by molar-refractivity contribution is 5.81. The molecule has 1 aromatic rings. The molecule has 0 bridgehead atoms. The Bertz CT molecular complexity index is 796. The van der Waals surface area contributed by atoms with Gasteiger partial charge in [-0.2, -0.15) is 0 Å². The topological polar surface area (TPSA) is 55.8 Å². The summed E-state index contributed by atoms with van der Waals surface area (Å²) in [5.41, 5.74) is 1.26. The Morgan fingerprint density at radius 3 is 2.71 bits per heavy atom. The predicted octanol–water partition coefficient (Wildman–Crippen LogP) is 4.79. The molecule has 0 spiro atoms. The number of ether oxygens (including phenoxy) is 2. The first-order chi connectivity index (χ1) is 15.1. The summed E-state index contributed by atoms with van der Waals surface area (Å²) < 4.78 is 24.5. The second kappa shape index (κ2) is 10.6. The van der Waals surface area contributed by atoms with Crippen LogP contribution in [0.3, 0.4) is 0 Å². The molecule has 2 aliphatic heterocycles. The fourth-order valence-electron chi connectivity index (χ4n) is 5.45. The average Bonchev–Trinajstić information content (AvgIpc) is 2.78. The molecule has 0 N–H and O–H groups in total. The number of likely N-dealkylation sites (tertiary alicyclic amines) is 1. The van der Waals surface area contributed by atoms with Gasteiger partial charge in [-0.15, -0.1) is 0 Å². The first kappa shape index (κ1) is 22.3. The van der Waals surface area contributed by atoms with Crippen LogP contribution in [0.5, 0.6) is 5.75 Å². The molecule has 2 unspecified atom stereocenters. The lowest BCUT2D eigenvalue weighted by Gasteiger charge is -2.41. The number of hydrogen-bond acceptors (Lipinski definition) is 4. The van der Waals surface area contributed by atoms with Crippen molar-refractivity contribution in [1.82, 2.24) is 4.90 Å². The first-order valence-corrected chi connectivity index (χ1v) is 11.9. The van der Waals surface area contributed by atoms with Gasteiger partial charge in [-0.1, -0.05) is 25.7 Å². The molecule has 6 heteroatoms. The number of rotatable bonds is 8. The molecule has 1 amide bonds. The van der Waals surface area contributed by atoms with E-state index in [-0.39, 0.29) is 30.7 Å². The van der Waals surface area contributed by atoms with E-state index in [4.69, 9.17) is 9.47 Å². The van der Waals surface area contributed by atoms with Crippen molar-refractivity contribution >= 4 is 11.7 Å². The summed E-state index contributed by atoms with van der Waals surface area (Å²) in [5.74, 6) is 2.13. The molecule has 4 rings (SSSR count). The van der Waals surface area contributed by atoms with E-state index in [1.807, 2.05) is 0 Å². The Hall–Kier alpha value is -1.95. The lowest BCUT2D eigenvalue weighted by atomic mass is 9.75. The van der Waals surface area contributed by atoms with Crippen molar-refractivity contribution in [3.8, 4) is 5.75 Å². The highest BCUT2D eigenvalue weighted by Crippen LogP contribution is 2.36. The average molecular weight is 432 g/mol. The van der Waals surface area contributed by atoms with Crippen LogP contribution in [0.25, 0.3) is 0 Å². The predicted molar refractivity (Wildman–Crippen MR) is 115 cm³/mol. The van der Waals surface area contributed by atoms with Gasteiger partial charge in [0.1, 0.15) is 17.3 Å². The van der Waals surface area contributed by atoms with Crippen LogP contribution in [0.4, 0.5) is 4.39 Å². The van der Waals surface area contributed by atoms with Crippen LogP contribution in [0.15, 0.2) is 12.1 Å². The number of benzene rings is 1. The summed E-state index contributed by atoms with van der Waals surface area (Å²) in [5, 5.41) is 0. The quantitative estimate of drug-likeness (QED) is 0.555. The van der Waals surface area contributed by atoms with Crippen molar-refractivity contribution in [3.63, 3.8) is 0 Å². The minimum absolute atomic E-state index is 0.0774. The molecule has 2 atom stereocenters. The normalized spacial score (nSPS) is 22.9. The van der Waals surface area contributed by atoms with Crippen LogP contribution in [0, 0.1) is 17.7 Å². The molecule has 1 saturated heterocycles. The number of ketones is 1. The van der Waals surface area contributed by atoms with Gasteiger partial charge in [-0.3, -0.25) is 9.59 Å². The molecular weight excluding hydrogens is 397 g/mol. The van der Waals surface area contributed by atoms with Gasteiger partial charge in [0.25, 0.3) is 0 Å². The van der Waals surface area contributed by atoms with Crippen LogP contribution in [-0.4, -0.2) is 36.5 Å². The summed E-state index contributed by atoms with van der Waals surface area (Å²) in [4.78, 5) is 27.1. The number of amides is 1. The van der Waals surface area contributed by atoms with Crippen molar-refractivity contribution in [1.29, 1.82) is 0 Å². The van der Waals surface area contributed by atoms with Gasteiger partial charge in [-0.05, 0) is 49.7 Å². The van der Waals surface area contributed by atoms with Crippen molar-refractivity contribution < 1.29 is 23.5 Å². The first-order valence-electron chi connectivity index (χ1n) is 11.9. The Balaban J connectivity index is 1.15. The van der Waals surface area contributed by atoms with Crippen molar-refractivity contribution in [2.75, 3.05) is 19.9 Å². The van der Waals surface area contributed by atoms with Gasteiger partial charge in [0, 0.05) is 43.5 Å². The molecule has 31 heavy (non-hydrogen) atoms. The van der Waals surface area contributed by atoms with E-state index in [0.717, 1.165) is 38.3 Å². The van der Waals surface area contributed by atoms with Crippen LogP contribution in [-0.2, 0) is 27.4 Å². The molecule has 1 saturated carbocycles. The fraction of sp³-hybridized carbons (Fsp3) is 0.680.